The fourth-order valence-corrected chi connectivity index (χ4v) is 4.07. The van der Waals surface area contributed by atoms with Gasteiger partial charge in [-0.3, -0.25) is 0 Å². The van der Waals surface area contributed by atoms with E-state index in [0.29, 0.717) is 0 Å². The summed E-state index contributed by atoms with van der Waals surface area (Å²) in [5, 5.41) is 10.4. The highest BCUT2D eigenvalue weighted by Crippen LogP contribution is 2.36. The third-order valence-electron chi connectivity index (χ3n) is 4.85. The molecule has 1 aromatic heterocycles. The molecular weight excluding hydrogens is 278 g/mol. The lowest BCUT2D eigenvalue weighted by Crippen LogP contribution is -2.35. The molecule has 3 nitrogen and oxygen atoms in total. The fraction of sp³-hybridized carbons (Fsp3) is 0.647. The first kappa shape index (κ1) is 14.7. The lowest BCUT2D eigenvalue weighted by molar-refractivity contribution is 0.435. The molecule has 3 rings (SSSR count). The van der Waals surface area contributed by atoms with Crippen molar-refractivity contribution in [3.63, 3.8) is 0 Å². The highest BCUT2D eigenvalue weighted by molar-refractivity contribution is 7.98. The third kappa shape index (κ3) is 2.76. The molecular formula is C17H23N3S. The van der Waals surface area contributed by atoms with E-state index in [1.165, 1.54) is 42.6 Å². The summed E-state index contributed by atoms with van der Waals surface area (Å²) in [6, 6.07) is 2.41. The molecule has 2 heterocycles. The van der Waals surface area contributed by atoms with E-state index in [0.717, 1.165) is 42.4 Å². The van der Waals surface area contributed by atoms with Crippen molar-refractivity contribution in [1.82, 2.24) is 4.98 Å². The Morgan fingerprint density at radius 1 is 1.19 bits per heavy atom. The molecule has 0 spiro atoms. The van der Waals surface area contributed by atoms with E-state index in [4.69, 9.17) is 4.98 Å². The lowest BCUT2D eigenvalue weighted by Gasteiger charge is -2.34. The first-order valence-electron chi connectivity index (χ1n) is 7.99. The van der Waals surface area contributed by atoms with Crippen LogP contribution < -0.4 is 4.90 Å². The zero-order valence-corrected chi connectivity index (χ0v) is 13.8. The van der Waals surface area contributed by atoms with Crippen LogP contribution in [0.2, 0.25) is 0 Å². The molecule has 1 aliphatic heterocycles. The number of aromatic nitrogens is 1. The number of rotatable bonds is 2. The van der Waals surface area contributed by atoms with Crippen LogP contribution in [0.25, 0.3) is 0 Å². The predicted octanol–water partition coefficient (Wildman–Crippen LogP) is 3.79. The second kappa shape index (κ2) is 6.27. The van der Waals surface area contributed by atoms with Crippen LogP contribution in [0, 0.1) is 17.2 Å². The third-order valence-corrected chi connectivity index (χ3v) is 5.53. The second-order valence-corrected chi connectivity index (χ2v) is 7.06. The molecule has 0 aromatic carbocycles. The first-order valence-corrected chi connectivity index (χ1v) is 9.21. The van der Waals surface area contributed by atoms with Gasteiger partial charge in [0.15, 0.2) is 0 Å². The van der Waals surface area contributed by atoms with Gasteiger partial charge >= 0.3 is 0 Å². The maximum Gasteiger partial charge on any atom is 0.133 e. The van der Waals surface area contributed by atoms with Gasteiger partial charge in [-0.25, -0.2) is 4.98 Å². The number of fused-ring (bicyclic) bond motifs is 1. The van der Waals surface area contributed by atoms with Crippen LogP contribution in [-0.4, -0.2) is 24.3 Å². The van der Waals surface area contributed by atoms with Crippen molar-refractivity contribution in [3.8, 4) is 6.07 Å². The van der Waals surface area contributed by atoms with Gasteiger partial charge in [-0.05, 0) is 61.8 Å². The lowest BCUT2D eigenvalue weighted by atomic mass is 9.88. The van der Waals surface area contributed by atoms with Crippen molar-refractivity contribution in [3.05, 3.63) is 16.7 Å². The van der Waals surface area contributed by atoms with Crippen molar-refractivity contribution in [2.45, 2.75) is 50.5 Å². The van der Waals surface area contributed by atoms with Crippen LogP contribution in [0.4, 0.5) is 5.82 Å². The number of piperidine rings is 1. The van der Waals surface area contributed by atoms with Gasteiger partial charge in [0, 0.05) is 13.1 Å². The summed E-state index contributed by atoms with van der Waals surface area (Å²) in [6.07, 6.45) is 9.11. The Morgan fingerprint density at radius 3 is 2.48 bits per heavy atom. The van der Waals surface area contributed by atoms with E-state index >= 15 is 0 Å². The summed E-state index contributed by atoms with van der Waals surface area (Å²) in [4.78, 5) is 7.35. The molecule has 0 bridgehead atoms. The molecule has 2 aliphatic rings. The van der Waals surface area contributed by atoms with E-state index < -0.39 is 0 Å². The van der Waals surface area contributed by atoms with Crippen molar-refractivity contribution in [2.75, 3.05) is 24.2 Å². The first-order chi connectivity index (χ1) is 10.2. The predicted molar refractivity (Wildman–Crippen MR) is 88.0 cm³/mol. The smallest absolute Gasteiger partial charge is 0.133 e. The highest BCUT2D eigenvalue weighted by atomic mass is 32.2. The highest BCUT2D eigenvalue weighted by Gasteiger charge is 2.26. The Morgan fingerprint density at radius 2 is 1.86 bits per heavy atom. The van der Waals surface area contributed by atoms with E-state index in [-0.39, 0.29) is 0 Å². The molecule has 1 fully saturated rings. The number of pyridine rings is 1. The summed E-state index contributed by atoms with van der Waals surface area (Å²) in [7, 11) is 0. The molecule has 0 saturated carbocycles. The number of nitriles is 1. The van der Waals surface area contributed by atoms with Gasteiger partial charge in [-0.2, -0.15) is 5.26 Å². The molecule has 1 aliphatic carbocycles. The van der Waals surface area contributed by atoms with Crippen LogP contribution in [0.15, 0.2) is 5.03 Å². The Hall–Kier alpha value is -1.21. The van der Waals surface area contributed by atoms with Gasteiger partial charge < -0.3 is 4.90 Å². The Labute approximate surface area is 131 Å². The molecule has 1 aromatic rings. The van der Waals surface area contributed by atoms with Gasteiger partial charge in [-0.15, -0.1) is 11.8 Å². The Balaban J connectivity index is 2.05. The standard InChI is InChI=1S/C17H23N3S/c1-12-7-9-20(10-8-12)16-14-6-4-3-5-13(14)15(11-18)17(19-16)21-2/h12H,3-10H2,1-2H3. The van der Waals surface area contributed by atoms with E-state index in [9.17, 15) is 5.26 Å². The van der Waals surface area contributed by atoms with Crippen LogP contribution in [0.5, 0.6) is 0 Å². The summed E-state index contributed by atoms with van der Waals surface area (Å²) in [6.45, 7) is 4.56. The van der Waals surface area contributed by atoms with Crippen LogP contribution in [-0.2, 0) is 12.8 Å². The molecule has 0 amide bonds. The molecule has 0 radical (unpaired) electrons. The van der Waals surface area contributed by atoms with Gasteiger partial charge in [0.2, 0.25) is 0 Å². The number of nitrogens with zero attached hydrogens (tertiary/aromatic N) is 3. The number of anilines is 1. The largest absolute Gasteiger partial charge is 0.356 e. The van der Waals surface area contributed by atoms with Crippen LogP contribution in [0.3, 0.4) is 0 Å². The number of thioether (sulfide) groups is 1. The molecule has 1 saturated heterocycles. The van der Waals surface area contributed by atoms with Crippen molar-refractivity contribution in [2.24, 2.45) is 5.92 Å². The van der Waals surface area contributed by atoms with Gasteiger partial charge in [-0.1, -0.05) is 6.92 Å². The van der Waals surface area contributed by atoms with E-state index in [2.05, 4.69) is 17.9 Å². The van der Waals surface area contributed by atoms with E-state index in [1.807, 2.05) is 6.26 Å². The van der Waals surface area contributed by atoms with E-state index in [1.54, 1.807) is 11.8 Å². The molecule has 0 atom stereocenters. The zero-order valence-electron chi connectivity index (χ0n) is 13.0. The van der Waals surface area contributed by atoms with Gasteiger partial charge in [0.1, 0.15) is 16.9 Å². The molecule has 112 valence electrons. The Bertz CT molecular complexity index is 568. The average Bonchev–Trinajstić information content (AvgIpc) is 2.54. The minimum Gasteiger partial charge on any atom is -0.356 e. The summed E-state index contributed by atoms with van der Waals surface area (Å²) < 4.78 is 0. The van der Waals surface area contributed by atoms with Crippen molar-refractivity contribution < 1.29 is 0 Å². The molecule has 0 N–H and O–H groups in total. The minimum absolute atomic E-state index is 0.829. The van der Waals surface area contributed by atoms with Crippen molar-refractivity contribution in [1.29, 1.82) is 5.26 Å². The second-order valence-electron chi connectivity index (χ2n) is 6.27. The average molecular weight is 301 g/mol. The van der Waals surface area contributed by atoms with Gasteiger partial charge in [0.05, 0.1) is 5.56 Å². The molecule has 21 heavy (non-hydrogen) atoms. The monoisotopic (exact) mass is 301 g/mol. The number of hydrogen-bond donors (Lipinski definition) is 0. The summed E-state index contributed by atoms with van der Waals surface area (Å²) >= 11 is 1.61. The number of hydrogen-bond acceptors (Lipinski definition) is 4. The Kier molecular flexibility index (Phi) is 4.40. The van der Waals surface area contributed by atoms with Crippen molar-refractivity contribution >= 4 is 17.6 Å². The normalized spacial score (nSPS) is 19.2. The molecule has 0 unspecified atom stereocenters. The van der Waals surface area contributed by atoms with Crippen LogP contribution in [0.1, 0.15) is 49.3 Å². The SMILES string of the molecule is CSc1nc(N2CCC(C)CC2)c2c(c1C#N)CCCC2. The summed E-state index contributed by atoms with van der Waals surface area (Å²) in [5.74, 6) is 2.01. The van der Waals surface area contributed by atoms with Gasteiger partial charge in [0.25, 0.3) is 0 Å². The topological polar surface area (TPSA) is 39.9 Å². The molecule has 4 heteroatoms. The quantitative estimate of drug-likeness (QED) is 0.779. The maximum atomic E-state index is 9.52. The van der Waals surface area contributed by atoms with Crippen LogP contribution >= 0.6 is 11.8 Å². The zero-order chi connectivity index (χ0) is 14.8. The summed E-state index contributed by atoms with van der Waals surface area (Å²) in [5.41, 5.74) is 3.49. The fourth-order valence-electron chi connectivity index (χ4n) is 3.52. The maximum absolute atomic E-state index is 9.52. The minimum atomic E-state index is 0.829.